The van der Waals surface area contributed by atoms with E-state index in [9.17, 15) is 9.59 Å². The highest BCUT2D eigenvalue weighted by molar-refractivity contribution is 5.89. The van der Waals surface area contributed by atoms with Gasteiger partial charge in [-0.25, -0.2) is 4.79 Å². The van der Waals surface area contributed by atoms with E-state index < -0.39 is 0 Å². The number of carbonyl (C=O) groups excluding carboxylic acids is 2. The zero-order valence-corrected chi connectivity index (χ0v) is 13.5. The molecule has 0 N–H and O–H groups in total. The number of hydrogen-bond acceptors (Lipinski definition) is 4. The summed E-state index contributed by atoms with van der Waals surface area (Å²) in [5, 5.41) is 0. The molecular weight excluding hydrogens is 280 g/mol. The largest absolute Gasteiger partial charge is 0.465 e. The summed E-state index contributed by atoms with van der Waals surface area (Å²) in [5.74, 6) is 0.322. The average molecular weight is 304 g/mol. The van der Waals surface area contributed by atoms with Gasteiger partial charge in [0.05, 0.1) is 12.7 Å². The molecule has 1 aromatic rings. The summed E-state index contributed by atoms with van der Waals surface area (Å²) in [5.41, 5.74) is 1.63. The van der Waals surface area contributed by atoms with Crippen molar-refractivity contribution in [3.8, 4) is 0 Å². The molecule has 5 heteroatoms. The minimum atomic E-state index is -0.323. The second kappa shape index (κ2) is 7.29. The van der Waals surface area contributed by atoms with Gasteiger partial charge in [0, 0.05) is 38.3 Å². The first-order valence-electron chi connectivity index (χ1n) is 7.72. The number of anilines is 1. The van der Waals surface area contributed by atoms with Crippen molar-refractivity contribution in [1.82, 2.24) is 4.90 Å². The maximum absolute atomic E-state index is 12.1. The maximum Gasteiger partial charge on any atom is 0.337 e. The molecule has 1 aliphatic heterocycles. The van der Waals surface area contributed by atoms with Crippen molar-refractivity contribution in [1.29, 1.82) is 0 Å². The van der Waals surface area contributed by atoms with Gasteiger partial charge in [0.15, 0.2) is 0 Å². The molecule has 1 aliphatic rings. The molecule has 22 heavy (non-hydrogen) atoms. The first-order chi connectivity index (χ1) is 10.5. The Kier molecular flexibility index (Phi) is 5.41. The Morgan fingerprint density at radius 1 is 1.09 bits per heavy atom. The smallest absolute Gasteiger partial charge is 0.337 e. The van der Waals surface area contributed by atoms with Gasteiger partial charge in [0.1, 0.15) is 0 Å². The van der Waals surface area contributed by atoms with Crippen LogP contribution in [0.15, 0.2) is 24.3 Å². The highest BCUT2D eigenvalue weighted by atomic mass is 16.5. The normalized spacial score (nSPS) is 15.1. The summed E-state index contributed by atoms with van der Waals surface area (Å²) in [6.07, 6.45) is 0.619. The van der Waals surface area contributed by atoms with Crippen LogP contribution in [0, 0.1) is 5.92 Å². The first-order valence-corrected chi connectivity index (χ1v) is 7.72. The fraction of sp³-hybridized carbons (Fsp3) is 0.529. The molecule has 0 aliphatic carbocycles. The van der Waals surface area contributed by atoms with Gasteiger partial charge in [0.25, 0.3) is 0 Å². The van der Waals surface area contributed by atoms with E-state index in [0.717, 1.165) is 31.9 Å². The standard InChI is InChI=1S/C17H24N2O3/c1-13(2)12-16(20)19-10-8-18(9-11-19)15-6-4-14(5-7-15)17(21)22-3/h4-7,13H,8-12H2,1-3H3. The Balaban J connectivity index is 1.91. The third-order valence-corrected chi connectivity index (χ3v) is 3.87. The summed E-state index contributed by atoms with van der Waals surface area (Å²) >= 11 is 0. The molecule has 1 aromatic carbocycles. The summed E-state index contributed by atoms with van der Waals surface area (Å²) in [6, 6.07) is 7.41. The summed E-state index contributed by atoms with van der Waals surface area (Å²) < 4.78 is 4.70. The van der Waals surface area contributed by atoms with Crippen molar-refractivity contribution in [2.24, 2.45) is 5.92 Å². The number of ether oxygens (including phenoxy) is 1. The van der Waals surface area contributed by atoms with Gasteiger partial charge in [-0.3, -0.25) is 4.79 Å². The van der Waals surface area contributed by atoms with E-state index in [1.165, 1.54) is 7.11 Å². The number of carbonyl (C=O) groups is 2. The van der Waals surface area contributed by atoms with E-state index >= 15 is 0 Å². The van der Waals surface area contributed by atoms with Crippen LogP contribution in [0.3, 0.4) is 0 Å². The predicted octanol–water partition coefficient (Wildman–Crippen LogP) is 2.17. The lowest BCUT2D eigenvalue weighted by Crippen LogP contribution is -2.49. The number of methoxy groups -OCH3 is 1. The summed E-state index contributed by atoms with van der Waals surface area (Å²) in [7, 11) is 1.38. The molecule has 1 heterocycles. The van der Waals surface area contributed by atoms with Gasteiger partial charge in [0.2, 0.25) is 5.91 Å². The topological polar surface area (TPSA) is 49.9 Å². The van der Waals surface area contributed by atoms with Crippen molar-refractivity contribution < 1.29 is 14.3 Å². The number of piperazine rings is 1. The van der Waals surface area contributed by atoms with Crippen LogP contribution in [-0.2, 0) is 9.53 Å². The van der Waals surface area contributed by atoms with Gasteiger partial charge in [-0.1, -0.05) is 13.8 Å². The lowest BCUT2D eigenvalue weighted by Gasteiger charge is -2.36. The van der Waals surface area contributed by atoms with Gasteiger partial charge in [-0.2, -0.15) is 0 Å². The van der Waals surface area contributed by atoms with Gasteiger partial charge >= 0.3 is 5.97 Å². The maximum atomic E-state index is 12.1. The average Bonchev–Trinajstić information content (AvgIpc) is 2.54. The van der Waals surface area contributed by atoms with Crippen LogP contribution in [-0.4, -0.2) is 50.1 Å². The van der Waals surface area contributed by atoms with Crippen LogP contribution < -0.4 is 4.90 Å². The molecule has 0 saturated carbocycles. The molecule has 0 bridgehead atoms. The third kappa shape index (κ3) is 4.00. The fourth-order valence-electron chi connectivity index (χ4n) is 2.62. The molecule has 0 atom stereocenters. The Morgan fingerprint density at radius 3 is 2.18 bits per heavy atom. The molecule has 5 nitrogen and oxygen atoms in total. The van der Waals surface area contributed by atoms with Crippen molar-refractivity contribution in [2.75, 3.05) is 38.2 Å². The molecule has 0 spiro atoms. The number of esters is 1. The molecule has 0 radical (unpaired) electrons. The second-order valence-corrected chi connectivity index (χ2v) is 6.00. The lowest BCUT2D eigenvalue weighted by atomic mass is 10.1. The Bertz CT molecular complexity index is 517. The Hall–Kier alpha value is -2.04. The van der Waals surface area contributed by atoms with E-state index in [2.05, 4.69) is 18.7 Å². The zero-order valence-electron chi connectivity index (χ0n) is 13.5. The zero-order chi connectivity index (χ0) is 16.1. The number of rotatable bonds is 4. The minimum absolute atomic E-state index is 0.246. The van der Waals surface area contributed by atoms with Gasteiger partial charge in [-0.15, -0.1) is 0 Å². The van der Waals surface area contributed by atoms with Crippen molar-refractivity contribution in [3.63, 3.8) is 0 Å². The molecule has 2 rings (SSSR count). The van der Waals surface area contributed by atoms with Gasteiger partial charge in [-0.05, 0) is 30.2 Å². The number of amides is 1. The van der Waals surface area contributed by atoms with Crippen LogP contribution >= 0.6 is 0 Å². The quantitative estimate of drug-likeness (QED) is 0.800. The summed E-state index contributed by atoms with van der Waals surface area (Å²) in [6.45, 7) is 7.28. The molecule has 120 valence electrons. The van der Waals surface area contributed by atoms with Gasteiger partial charge < -0.3 is 14.5 Å². The van der Waals surface area contributed by atoms with Crippen LogP contribution in [0.2, 0.25) is 0 Å². The molecule has 1 fully saturated rings. The first kappa shape index (κ1) is 16.3. The van der Waals surface area contributed by atoms with E-state index in [4.69, 9.17) is 4.74 Å². The Morgan fingerprint density at radius 2 is 1.68 bits per heavy atom. The van der Waals surface area contributed by atoms with E-state index in [0.29, 0.717) is 17.9 Å². The highest BCUT2D eigenvalue weighted by Gasteiger charge is 2.21. The van der Waals surface area contributed by atoms with Crippen molar-refractivity contribution >= 4 is 17.6 Å². The van der Waals surface area contributed by atoms with E-state index in [1.807, 2.05) is 17.0 Å². The van der Waals surface area contributed by atoms with Crippen LogP contribution in [0.5, 0.6) is 0 Å². The van der Waals surface area contributed by atoms with Crippen LogP contribution in [0.25, 0.3) is 0 Å². The van der Waals surface area contributed by atoms with E-state index in [-0.39, 0.29) is 11.9 Å². The predicted molar refractivity (Wildman–Crippen MR) is 86.0 cm³/mol. The minimum Gasteiger partial charge on any atom is -0.465 e. The second-order valence-electron chi connectivity index (χ2n) is 6.00. The lowest BCUT2D eigenvalue weighted by molar-refractivity contribution is -0.132. The van der Waals surface area contributed by atoms with Crippen molar-refractivity contribution in [2.45, 2.75) is 20.3 Å². The molecule has 1 amide bonds. The molecule has 0 aromatic heterocycles. The SMILES string of the molecule is COC(=O)c1ccc(N2CCN(C(=O)CC(C)C)CC2)cc1. The fourth-order valence-corrected chi connectivity index (χ4v) is 2.62. The third-order valence-electron chi connectivity index (χ3n) is 3.87. The van der Waals surface area contributed by atoms with Crippen LogP contribution in [0.1, 0.15) is 30.6 Å². The van der Waals surface area contributed by atoms with E-state index in [1.54, 1.807) is 12.1 Å². The molecular formula is C17H24N2O3. The molecule has 1 saturated heterocycles. The van der Waals surface area contributed by atoms with Crippen molar-refractivity contribution in [3.05, 3.63) is 29.8 Å². The number of nitrogens with zero attached hydrogens (tertiary/aromatic N) is 2. The Labute approximate surface area is 131 Å². The van der Waals surface area contributed by atoms with Crippen LogP contribution in [0.4, 0.5) is 5.69 Å². The monoisotopic (exact) mass is 304 g/mol. The number of hydrogen-bond donors (Lipinski definition) is 0. The highest BCUT2D eigenvalue weighted by Crippen LogP contribution is 2.18. The summed E-state index contributed by atoms with van der Waals surface area (Å²) in [4.78, 5) is 27.7. The molecule has 0 unspecified atom stereocenters. The number of benzene rings is 1.